The van der Waals surface area contributed by atoms with Gasteiger partial charge in [0.25, 0.3) is 0 Å². The Morgan fingerprint density at radius 3 is 2.72 bits per heavy atom. The van der Waals surface area contributed by atoms with Gasteiger partial charge in [-0.15, -0.1) is 11.3 Å². The van der Waals surface area contributed by atoms with E-state index in [2.05, 4.69) is 8.75 Å². The van der Waals surface area contributed by atoms with Crippen molar-refractivity contribution in [2.75, 3.05) is 7.11 Å². The van der Waals surface area contributed by atoms with Crippen LogP contribution in [0.3, 0.4) is 0 Å². The molecule has 1 N–H and O–H groups in total. The molecule has 32 heavy (non-hydrogen) atoms. The lowest BCUT2D eigenvalue weighted by molar-refractivity contribution is 0.0683. The summed E-state index contributed by atoms with van der Waals surface area (Å²) in [5.41, 5.74) is 5.09. The highest BCUT2D eigenvalue weighted by molar-refractivity contribution is 7.13. The van der Waals surface area contributed by atoms with E-state index in [0.717, 1.165) is 32.8 Å². The Hall–Kier alpha value is -3.56. The van der Waals surface area contributed by atoms with Crippen molar-refractivity contribution in [1.82, 2.24) is 18.5 Å². The number of carboxylic acid groups (broad SMARTS) is 1. The molecule has 5 aromatic rings. The first-order valence-corrected chi connectivity index (χ1v) is 11.4. The smallest absolute Gasteiger partial charge is 0.354 e. The quantitative estimate of drug-likeness (QED) is 0.368. The molecular formula is C23H18N4O3S2. The second kappa shape index (κ2) is 8.52. The molecule has 9 heteroatoms. The van der Waals surface area contributed by atoms with E-state index in [1.165, 1.54) is 11.7 Å². The topological polar surface area (TPSA) is 90.1 Å². The predicted octanol–water partition coefficient (Wildman–Crippen LogP) is 4.96. The van der Waals surface area contributed by atoms with Gasteiger partial charge in [0, 0.05) is 12.0 Å². The second-order valence-corrected chi connectivity index (χ2v) is 8.71. The highest BCUT2D eigenvalue weighted by Crippen LogP contribution is 2.32. The zero-order chi connectivity index (χ0) is 22.1. The van der Waals surface area contributed by atoms with Gasteiger partial charge in [0.2, 0.25) is 0 Å². The molecule has 0 radical (unpaired) electrons. The van der Waals surface area contributed by atoms with Gasteiger partial charge in [-0.25, -0.2) is 4.79 Å². The summed E-state index contributed by atoms with van der Waals surface area (Å²) in [5, 5.41) is 16.9. The number of hydrogen-bond donors (Lipinski definition) is 1. The monoisotopic (exact) mass is 462 g/mol. The lowest BCUT2D eigenvalue weighted by Gasteiger charge is -2.08. The summed E-state index contributed by atoms with van der Waals surface area (Å²) in [7, 11) is 1.61. The van der Waals surface area contributed by atoms with E-state index in [4.69, 9.17) is 9.84 Å². The highest BCUT2D eigenvalue weighted by Gasteiger charge is 2.25. The van der Waals surface area contributed by atoms with Crippen LogP contribution in [0.1, 0.15) is 27.2 Å². The first kappa shape index (κ1) is 20.3. The highest BCUT2D eigenvalue weighted by atomic mass is 32.1. The van der Waals surface area contributed by atoms with Crippen LogP contribution in [-0.4, -0.2) is 36.7 Å². The van der Waals surface area contributed by atoms with Crippen molar-refractivity contribution in [1.29, 1.82) is 0 Å². The number of aromatic nitrogens is 4. The summed E-state index contributed by atoms with van der Waals surface area (Å²) in [6.07, 6.45) is 0.431. The number of carbonyl (C=O) groups is 1. The first-order chi connectivity index (χ1) is 15.6. The van der Waals surface area contributed by atoms with Crippen molar-refractivity contribution < 1.29 is 14.6 Å². The number of fused-ring (bicyclic) bond motifs is 1. The van der Waals surface area contributed by atoms with Gasteiger partial charge in [-0.2, -0.15) is 13.8 Å². The molecule has 0 unspecified atom stereocenters. The minimum absolute atomic E-state index is 0.188. The number of hydrogen-bond acceptors (Lipinski definition) is 7. The van der Waals surface area contributed by atoms with Gasteiger partial charge >= 0.3 is 5.97 Å². The van der Waals surface area contributed by atoms with Crippen molar-refractivity contribution in [2.45, 2.75) is 13.0 Å². The third-order valence-corrected chi connectivity index (χ3v) is 6.61. The fraction of sp³-hybridized carbons (Fsp3) is 0.130. The maximum atomic E-state index is 12.4. The van der Waals surface area contributed by atoms with Crippen molar-refractivity contribution in [3.8, 4) is 16.3 Å². The number of thiophene rings is 1. The molecule has 0 fully saturated rings. The lowest BCUT2D eigenvalue weighted by atomic mass is 10.0. The van der Waals surface area contributed by atoms with E-state index in [9.17, 15) is 9.90 Å². The minimum Gasteiger partial charge on any atom is -0.497 e. The van der Waals surface area contributed by atoms with Gasteiger partial charge in [-0.1, -0.05) is 24.3 Å². The molecule has 0 aliphatic heterocycles. The molecule has 0 aliphatic carbocycles. The van der Waals surface area contributed by atoms with Crippen LogP contribution < -0.4 is 4.74 Å². The average molecular weight is 463 g/mol. The third-order valence-electron chi connectivity index (χ3n) is 5.17. The molecule has 7 nitrogen and oxygen atoms in total. The van der Waals surface area contributed by atoms with Crippen LogP contribution in [0.25, 0.3) is 21.6 Å². The van der Waals surface area contributed by atoms with Crippen LogP contribution in [0.15, 0.2) is 60.0 Å². The summed E-state index contributed by atoms with van der Waals surface area (Å²) < 4.78 is 15.4. The Morgan fingerprint density at radius 1 is 1.06 bits per heavy atom. The minimum atomic E-state index is -1.00. The molecule has 0 spiro atoms. The van der Waals surface area contributed by atoms with Crippen LogP contribution in [-0.2, 0) is 13.0 Å². The van der Waals surface area contributed by atoms with Crippen molar-refractivity contribution in [2.24, 2.45) is 0 Å². The van der Waals surface area contributed by atoms with E-state index in [1.807, 2.05) is 60.0 Å². The standard InChI is InChI=1S/C23H18N4O3S2/c1-30-16-5-2-4-15(10-16)13-27-22(23(28)29)17(21(24-27)20-6-3-9-31-20)11-14-7-8-18-19(12-14)26-32-25-18/h2-10,12H,11,13H2,1H3,(H,28,29). The molecule has 3 aromatic heterocycles. The Balaban J connectivity index is 1.62. The number of ether oxygens (including phenoxy) is 1. The van der Waals surface area contributed by atoms with Gasteiger partial charge in [-0.3, -0.25) is 4.68 Å². The van der Waals surface area contributed by atoms with Gasteiger partial charge in [0.05, 0.1) is 30.3 Å². The summed E-state index contributed by atoms with van der Waals surface area (Å²) in [6, 6.07) is 17.3. The second-order valence-electron chi connectivity index (χ2n) is 7.23. The van der Waals surface area contributed by atoms with Crippen LogP contribution in [0.4, 0.5) is 0 Å². The average Bonchev–Trinajstić information content (AvgIpc) is 3.53. The summed E-state index contributed by atoms with van der Waals surface area (Å²) >= 11 is 2.71. The number of methoxy groups -OCH3 is 1. The number of aromatic carboxylic acids is 1. The number of carboxylic acids is 1. The molecule has 3 heterocycles. The molecule has 0 bridgehead atoms. The van der Waals surface area contributed by atoms with Crippen LogP contribution in [0.5, 0.6) is 5.75 Å². The van der Waals surface area contributed by atoms with Gasteiger partial charge in [0.15, 0.2) is 5.69 Å². The summed E-state index contributed by atoms with van der Waals surface area (Å²) in [6.45, 7) is 0.326. The van der Waals surface area contributed by atoms with E-state index < -0.39 is 5.97 Å². The molecule has 0 amide bonds. The van der Waals surface area contributed by atoms with E-state index in [0.29, 0.717) is 24.2 Å². The van der Waals surface area contributed by atoms with E-state index in [1.54, 1.807) is 23.1 Å². The van der Waals surface area contributed by atoms with Crippen molar-refractivity contribution in [3.63, 3.8) is 0 Å². The Bertz CT molecular complexity index is 1410. The number of nitrogens with zero attached hydrogens (tertiary/aromatic N) is 4. The molecule has 5 rings (SSSR count). The first-order valence-electron chi connectivity index (χ1n) is 9.83. The molecular weight excluding hydrogens is 444 g/mol. The molecule has 0 saturated carbocycles. The lowest BCUT2D eigenvalue weighted by Crippen LogP contribution is -2.13. The fourth-order valence-corrected chi connectivity index (χ4v) is 4.97. The number of rotatable bonds is 7. The Kier molecular flexibility index (Phi) is 5.42. The normalized spacial score (nSPS) is 11.2. The number of benzene rings is 2. The van der Waals surface area contributed by atoms with Gasteiger partial charge in [0.1, 0.15) is 22.5 Å². The molecule has 2 aromatic carbocycles. The van der Waals surface area contributed by atoms with Crippen molar-refractivity contribution in [3.05, 3.63) is 82.4 Å². The molecule has 0 aliphatic rings. The van der Waals surface area contributed by atoms with E-state index in [-0.39, 0.29) is 5.69 Å². The zero-order valence-corrected chi connectivity index (χ0v) is 18.7. The largest absolute Gasteiger partial charge is 0.497 e. The molecule has 160 valence electrons. The maximum Gasteiger partial charge on any atom is 0.354 e. The van der Waals surface area contributed by atoms with Crippen molar-refractivity contribution >= 4 is 40.1 Å². The zero-order valence-electron chi connectivity index (χ0n) is 17.1. The van der Waals surface area contributed by atoms with Crippen LogP contribution in [0.2, 0.25) is 0 Å². The maximum absolute atomic E-state index is 12.4. The Morgan fingerprint density at radius 2 is 1.94 bits per heavy atom. The summed E-state index contributed by atoms with van der Waals surface area (Å²) in [4.78, 5) is 13.3. The summed E-state index contributed by atoms with van der Waals surface area (Å²) in [5.74, 6) is -0.287. The SMILES string of the molecule is COc1cccc(Cn2nc(-c3cccs3)c(Cc3ccc4nsnc4c3)c2C(=O)O)c1. The van der Waals surface area contributed by atoms with Gasteiger partial charge in [-0.05, 0) is 46.8 Å². The molecule has 0 saturated heterocycles. The molecule has 0 atom stereocenters. The third kappa shape index (κ3) is 3.88. The van der Waals surface area contributed by atoms with E-state index >= 15 is 0 Å². The predicted molar refractivity (Wildman–Crippen MR) is 125 cm³/mol. The van der Waals surface area contributed by atoms with Gasteiger partial charge < -0.3 is 9.84 Å². The van der Waals surface area contributed by atoms with Crippen LogP contribution in [0, 0.1) is 0 Å². The van der Waals surface area contributed by atoms with Crippen LogP contribution >= 0.6 is 23.1 Å². The Labute approximate surface area is 191 Å². The fourth-order valence-electron chi connectivity index (χ4n) is 3.72.